The van der Waals surface area contributed by atoms with E-state index in [1.54, 1.807) is 18.5 Å². The molecular weight excluding hydrogens is 425 g/mol. The highest BCUT2D eigenvalue weighted by molar-refractivity contribution is 14.0. The first kappa shape index (κ1) is 19.6. The van der Waals surface area contributed by atoms with Gasteiger partial charge in [-0.2, -0.15) is 0 Å². The third-order valence-corrected chi connectivity index (χ3v) is 3.19. The number of hydrogen-bond acceptors (Lipinski definition) is 3. The fourth-order valence-corrected chi connectivity index (χ4v) is 1.98. The summed E-state index contributed by atoms with van der Waals surface area (Å²) >= 11 is 5.78. The molecule has 5 nitrogen and oxygen atoms in total. The van der Waals surface area contributed by atoms with E-state index in [2.05, 4.69) is 25.6 Å². The minimum Gasteiger partial charge on any atom is -0.357 e. The SMILES string of the molecule is CCNC(=NCc1ccccn1)NCCc1ccc(Cl)nc1.I. The molecule has 0 radical (unpaired) electrons. The lowest BCUT2D eigenvalue weighted by Crippen LogP contribution is -2.38. The van der Waals surface area contributed by atoms with Crippen LogP contribution in [0.5, 0.6) is 0 Å². The number of guanidine groups is 1. The van der Waals surface area contributed by atoms with Gasteiger partial charge in [-0.1, -0.05) is 23.7 Å². The van der Waals surface area contributed by atoms with Crippen LogP contribution in [0.1, 0.15) is 18.2 Å². The summed E-state index contributed by atoms with van der Waals surface area (Å²) in [4.78, 5) is 12.9. The summed E-state index contributed by atoms with van der Waals surface area (Å²) in [6.45, 7) is 4.19. The maximum atomic E-state index is 5.78. The molecule has 0 unspecified atom stereocenters. The standard InChI is InChI=1S/C16H20ClN5.HI/c1-2-18-16(22-12-14-5-3-4-9-19-14)20-10-8-13-6-7-15(17)21-11-13;/h3-7,9,11H,2,8,10,12H2,1H3,(H2,18,20,22);1H. The zero-order valence-electron chi connectivity index (χ0n) is 13.0. The lowest BCUT2D eigenvalue weighted by atomic mass is 10.2. The summed E-state index contributed by atoms with van der Waals surface area (Å²) < 4.78 is 0. The van der Waals surface area contributed by atoms with E-state index in [-0.39, 0.29) is 24.0 Å². The normalized spacial score (nSPS) is 10.8. The predicted octanol–water partition coefficient (Wildman–Crippen LogP) is 3.05. The van der Waals surface area contributed by atoms with Crippen molar-refractivity contribution in [3.05, 3.63) is 59.1 Å². The van der Waals surface area contributed by atoms with Crippen LogP contribution < -0.4 is 10.6 Å². The van der Waals surface area contributed by atoms with Crippen molar-refractivity contribution in [3.63, 3.8) is 0 Å². The smallest absolute Gasteiger partial charge is 0.191 e. The Hall–Kier alpha value is -1.41. The van der Waals surface area contributed by atoms with Crippen molar-refractivity contribution >= 4 is 41.5 Å². The molecule has 0 aliphatic carbocycles. The molecule has 2 aromatic rings. The van der Waals surface area contributed by atoms with E-state index in [0.717, 1.165) is 36.7 Å². The van der Waals surface area contributed by atoms with Crippen LogP contribution in [0, 0.1) is 0 Å². The number of aromatic nitrogens is 2. The molecule has 0 aromatic carbocycles. The quantitative estimate of drug-likeness (QED) is 0.310. The second kappa shape index (κ2) is 11.2. The fraction of sp³-hybridized carbons (Fsp3) is 0.312. The van der Waals surface area contributed by atoms with E-state index in [9.17, 15) is 0 Å². The molecule has 0 atom stereocenters. The van der Waals surface area contributed by atoms with Gasteiger partial charge in [0, 0.05) is 25.5 Å². The first-order valence-corrected chi connectivity index (χ1v) is 7.68. The molecule has 0 amide bonds. The summed E-state index contributed by atoms with van der Waals surface area (Å²) in [5, 5.41) is 7.04. The monoisotopic (exact) mass is 445 g/mol. The predicted molar refractivity (Wildman–Crippen MR) is 105 cm³/mol. The largest absolute Gasteiger partial charge is 0.357 e. The average molecular weight is 446 g/mol. The van der Waals surface area contributed by atoms with Crippen molar-refractivity contribution in [2.24, 2.45) is 4.99 Å². The van der Waals surface area contributed by atoms with Gasteiger partial charge in [-0.25, -0.2) is 9.98 Å². The molecule has 2 rings (SSSR count). The number of pyridine rings is 2. The van der Waals surface area contributed by atoms with Crippen LogP contribution in [0.3, 0.4) is 0 Å². The van der Waals surface area contributed by atoms with Crippen molar-refractivity contribution < 1.29 is 0 Å². The van der Waals surface area contributed by atoms with Crippen molar-refractivity contribution in [2.75, 3.05) is 13.1 Å². The van der Waals surface area contributed by atoms with Crippen LogP contribution in [0.2, 0.25) is 5.15 Å². The Kier molecular flexibility index (Phi) is 9.54. The average Bonchev–Trinajstić information content (AvgIpc) is 2.55. The molecule has 7 heteroatoms. The van der Waals surface area contributed by atoms with Crippen molar-refractivity contribution in [2.45, 2.75) is 19.9 Å². The van der Waals surface area contributed by atoms with Gasteiger partial charge in [-0.3, -0.25) is 4.98 Å². The Bertz CT molecular complexity index is 589. The molecule has 0 fully saturated rings. The van der Waals surface area contributed by atoms with Crippen LogP contribution in [0.4, 0.5) is 0 Å². The number of nitrogens with one attached hydrogen (secondary N) is 2. The van der Waals surface area contributed by atoms with Crippen LogP contribution in [-0.2, 0) is 13.0 Å². The Labute approximate surface area is 159 Å². The molecule has 0 aliphatic rings. The molecule has 0 spiro atoms. The molecule has 2 heterocycles. The van der Waals surface area contributed by atoms with Gasteiger partial charge in [0.05, 0.1) is 12.2 Å². The second-order valence-electron chi connectivity index (χ2n) is 4.68. The number of halogens is 2. The fourth-order valence-electron chi connectivity index (χ4n) is 1.87. The van der Waals surface area contributed by atoms with E-state index in [1.807, 2.05) is 31.2 Å². The number of hydrogen-bond donors (Lipinski definition) is 2. The number of nitrogens with zero attached hydrogens (tertiary/aromatic N) is 3. The van der Waals surface area contributed by atoms with E-state index in [4.69, 9.17) is 11.6 Å². The van der Waals surface area contributed by atoms with E-state index < -0.39 is 0 Å². The molecule has 2 N–H and O–H groups in total. The van der Waals surface area contributed by atoms with Crippen molar-refractivity contribution in [1.82, 2.24) is 20.6 Å². The van der Waals surface area contributed by atoms with Gasteiger partial charge in [0.1, 0.15) is 5.15 Å². The molecule has 2 aromatic heterocycles. The van der Waals surface area contributed by atoms with Crippen LogP contribution in [-0.4, -0.2) is 29.0 Å². The molecular formula is C16H21ClIN5. The summed E-state index contributed by atoms with van der Waals surface area (Å²) in [6, 6.07) is 9.61. The van der Waals surface area contributed by atoms with Gasteiger partial charge in [0.25, 0.3) is 0 Å². The lowest BCUT2D eigenvalue weighted by molar-refractivity contribution is 0.795. The van der Waals surface area contributed by atoms with Gasteiger partial charge >= 0.3 is 0 Å². The van der Waals surface area contributed by atoms with Crippen LogP contribution >= 0.6 is 35.6 Å². The summed E-state index contributed by atoms with van der Waals surface area (Å²) in [7, 11) is 0. The summed E-state index contributed by atoms with van der Waals surface area (Å²) in [6.07, 6.45) is 4.43. The third-order valence-electron chi connectivity index (χ3n) is 2.96. The lowest BCUT2D eigenvalue weighted by Gasteiger charge is -2.11. The van der Waals surface area contributed by atoms with Gasteiger partial charge in [0.15, 0.2) is 5.96 Å². The Balaban J connectivity index is 0.00000264. The minimum absolute atomic E-state index is 0. The second-order valence-corrected chi connectivity index (χ2v) is 5.07. The van der Waals surface area contributed by atoms with Gasteiger partial charge in [-0.05, 0) is 37.1 Å². The number of aliphatic imine (C=N–C) groups is 1. The molecule has 0 saturated heterocycles. The highest BCUT2D eigenvalue weighted by Gasteiger charge is 1.99. The van der Waals surface area contributed by atoms with Gasteiger partial charge in [0.2, 0.25) is 0 Å². The molecule has 124 valence electrons. The molecule has 0 saturated carbocycles. The first-order chi connectivity index (χ1) is 10.8. The number of rotatable bonds is 6. The third kappa shape index (κ3) is 7.60. The van der Waals surface area contributed by atoms with Crippen molar-refractivity contribution in [3.8, 4) is 0 Å². The van der Waals surface area contributed by atoms with Crippen molar-refractivity contribution in [1.29, 1.82) is 0 Å². The summed E-state index contributed by atoms with van der Waals surface area (Å²) in [5.74, 6) is 0.787. The zero-order chi connectivity index (χ0) is 15.6. The topological polar surface area (TPSA) is 62.2 Å². The highest BCUT2D eigenvalue weighted by atomic mass is 127. The Morgan fingerprint density at radius 3 is 2.70 bits per heavy atom. The Morgan fingerprint density at radius 2 is 2.04 bits per heavy atom. The molecule has 23 heavy (non-hydrogen) atoms. The van der Waals surface area contributed by atoms with E-state index >= 15 is 0 Å². The van der Waals surface area contributed by atoms with E-state index in [0.29, 0.717) is 11.7 Å². The van der Waals surface area contributed by atoms with E-state index in [1.165, 1.54) is 0 Å². The first-order valence-electron chi connectivity index (χ1n) is 7.30. The summed E-state index contributed by atoms with van der Waals surface area (Å²) in [5.41, 5.74) is 2.08. The Morgan fingerprint density at radius 1 is 1.17 bits per heavy atom. The molecule has 0 bridgehead atoms. The molecule has 0 aliphatic heterocycles. The van der Waals surface area contributed by atoms with Crippen LogP contribution in [0.25, 0.3) is 0 Å². The van der Waals surface area contributed by atoms with Crippen LogP contribution in [0.15, 0.2) is 47.7 Å². The maximum absolute atomic E-state index is 5.78. The highest BCUT2D eigenvalue weighted by Crippen LogP contribution is 2.05. The zero-order valence-corrected chi connectivity index (χ0v) is 16.1. The maximum Gasteiger partial charge on any atom is 0.191 e. The minimum atomic E-state index is 0. The van der Waals surface area contributed by atoms with Gasteiger partial charge in [-0.15, -0.1) is 24.0 Å². The van der Waals surface area contributed by atoms with Gasteiger partial charge < -0.3 is 10.6 Å².